The Morgan fingerprint density at radius 1 is 1.12 bits per heavy atom. The summed E-state index contributed by atoms with van der Waals surface area (Å²) in [6, 6.07) is 10.1. The lowest BCUT2D eigenvalue weighted by atomic mass is 10.0. The quantitative estimate of drug-likeness (QED) is 0.713. The van der Waals surface area contributed by atoms with Gasteiger partial charge in [-0.05, 0) is 55.7 Å². The van der Waals surface area contributed by atoms with E-state index < -0.39 is 0 Å². The van der Waals surface area contributed by atoms with Crippen LogP contribution in [0.2, 0.25) is 0 Å². The molecule has 17 heavy (non-hydrogen) atoms. The third-order valence-corrected chi connectivity index (χ3v) is 2.81. The molecular formula is C15H16N2. The van der Waals surface area contributed by atoms with Crippen LogP contribution in [0.5, 0.6) is 0 Å². The van der Waals surface area contributed by atoms with Gasteiger partial charge < -0.3 is 0 Å². The number of hydrogen-bond donors (Lipinski definition) is 0. The first-order valence-electron chi connectivity index (χ1n) is 5.70. The molecule has 0 fully saturated rings. The van der Waals surface area contributed by atoms with Gasteiger partial charge in [-0.25, -0.2) is 0 Å². The van der Waals surface area contributed by atoms with Crippen molar-refractivity contribution in [2.75, 3.05) is 0 Å². The van der Waals surface area contributed by atoms with Crippen molar-refractivity contribution < 1.29 is 0 Å². The Bertz CT molecular complexity index is 542. The van der Waals surface area contributed by atoms with E-state index >= 15 is 0 Å². The third-order valence-electron chi connectivity index (χ3n) is 2.81. The van der Waals surface area contributed by atoms with Gasteiger partial charge in [0.05, 0.1) is 17.6 Å². The molecule has 2 heteroatoms. The molecule has 2 aromatic rings. The number of hydrogen-bond acceptors (Lipinski definition) is 2. The molecule has 86 valence electrons. The van der Waals surface area contributed by atoms with Crippen molar-refractivity contribution in [1.82, 2.24) is 4.98 Å². The topological polar surface area (TPSA) is 25.2 Å². The molecule has 0 bridgehead atoms. The Labute approximate surface area is 102 Å². The molecule has 0 atom stereocenters. The summed E-state index contributed by atoms with van der Waals surface area (Å²) in [5, 5.41) is 0. The first kappa shape index (κ1) is 11.5. The Morgan fingerprint density at radius 2 is 1.94 bits per heavy atom. The van der Waals surface area contributed by atoms with Gasteiger partial charge in [0.15, 0.2) is 0 Å². The van der Waals surface area contributed by atoms with E-state index in [2.05, 4.69) is 42.9 Å². The molecule has 0 spiro atoms. The molecule has 0 aliphatic heterocycles. The van der Waals surface area contributed by atoms with Gasteiger partial charge in [0, 0.05) is 6.20 Å². The summed E-state index contributed by atoms with van der Waals surface area (Å²) in [4.78, 5) is 8.73. The molecular weight excluding hydrogens is 208 g/mol. The fraction of sp³-hybridized carbons (Fsp3) is 0.200. The van der Waals surface area contributed by atoms with E-state index in [0.717, 1.165) is 11.4 Å². The molecule has 0 aliphatic rings. The van der Waals surface area contributed by atoms with Gasteiger partial charge in [-0.15, -0.1) is 0 Å². The average molecular weight is 224 g/mol. The summed E-state index contributed by atoms with van der Waals surface area (Å²) in [7, 11) is 0. The summed E-state index contributed by atoms with van der Waals surface area (Å²) in [5.41, 5.74) is 5.64. The van der Waals surface area contributed by atoms with Crippen molar-refractivity contribution in [1.29, 1.82) is 0 Å². The largest absolute Gasteiger partial charge is 0.255 e. The van der Waals surface area contributed by atoms with E-state index in [-0.39, 0.29) is 0 Å². The molecule has 0 saturated heterocycles. The summed E-state index contributed by atoms with van der Waals surface area (Å²) in [6.07, 6.45) is 3.58. The summed E-state index contributed by atoms with van der Waals surface area (Å²) in [5.74, 6) is 0. The van der Waals surface area contributed by atoms with Crippen LogP contribution in [0.3, 0.4) is 0 Å². The fourth-order valence-corrected chi connectivity index (χ4v) is 1.74. The molecule has 0 unspecified atom stereocenters. The average Bonchev–Trinajstić information content (AvgIpc) is 2.33. The van der Waals surface area contributed by atoms with Crippen LogP contribution in [0.15, 0.2) is 41.5 Å². The maximum Gasteiger partial charge on any atom is 0.0812 e. The van der Waals surface area contributed by atoms with Gasteiger partial charge in [0.25, 0.3) is 0 Å². The minimum Gasteiger partial charge on any atom is -0.255 e. The van der Waals surface area contributed by atoms with Gasteiger partial charge >= 0.3 is 0 Å². The number of rotatable bonds is 2. The number of nitrogens with zero attached hydrogens (tertiary/aromatic N) is 2. The van der Waals surface area contributed by atoms with Crippen LogP contribution in [-0.4, -0.2) is 11.2 Å². The lowest BCUT2D eigenvalue weighted by Crippen LogP contribution is -1.87. The Morgan fingerprint density at radius 3 is 2.65 bits per heavy atom. The second-order valence-electron chi connectivity index (χ2n) is 4.24. The van der Waals surface area contributed by atoms with Crippen molar-refractivity contribution in [3.8, 4) is 0 Å². The van der Waals surface area contributed by atoms with Gasteiger partial charge in [-0.2, -0.15) is 0 Å². The van der Waals surface area contributed by atoms with Gasteiger partial charge in [-0.1, -0.05) is 12.1 Å². The number of aromatic nitrogens is 1. The molecule has 0 radical (unpaired) electrons. The maximum absolute atomic E-state index is 4.51. The first-order chi connectivity index (χ1) is 8.16. The Kier molecular flexibility index (Phi) is 3.33. The zero-order chi connectivity index (χ0) is 12.3. The van der Waals surface area contributed by atoms with Crippen LogP contribution in [0.1, 0.15) is 22.4 Å². The van der Waals surface area contributed by atoms with E-state index in [1.807, 2.05) is 18.2 Å². The number of aryl methyl sites for hydroxylation is 2. The van der Waals surface area contributed by atoms with Crippen molar-refractivity contribution in [2.24, 2.45) is 4.99 Å². The van der Waals surface area contributed by atoms with Crippen LogP contribution in [0.4, 0.5) is 5.69 Å². The summed E-state index contributed by atoms with van der Waals surface area (Å²) >= 11 is 0. The second-order valence-corrected chi connectivity index (χ2v) is 4.24. The Hall–Kier alpha value is -1.96. The highest BCUT2D eigenvalue weighted by Gasteiger charge is 2.00. The highest BCUT2D eigenvalue weighted by Crippen LogP contribution is 2.23. The number of pyridine rings is 1. The molecule has 0 saturated carbocycles. The smallest absolute Gasteiger partial charge is 0.0812 e. The molecule has 1 aromatic heterocycles. The van der Waals surface area contributed by atoms with E-state index in [1.165, 1.54) is 16.7 Å². The van der Waals surface area contributed by atoms with Crippen LogP contribution in [0.25, 0.3) is 0 Å². The van der Waals surface area contributed by atoms with E-state index in [9.17, 15) is 0 Å². The predicted octanol–water partition coefficient (Wildman–Crippen LogP) is 3.76. The molecule has 0 aliphatic carbocycles. The number of benzene rings is 1. The van der Waals surface area contributed by atoms with Crippen molar-refractivity contribution in [3.63, 3.8) is 0 Å². The molecule has 1 heterocycles. The summed E-state index contributed by atoms with van der Waals surface area (Å²) in [6.45, 7) is 6.30. The Balaban J connectivity index is 2.33. The van der Waals surface area contributed by atoms with Crippen LogP contribution < -0.4 is 0 Å². The molecule has 2 nitrogen and oxygen atoms in total. The van der Waals surface area contributed by atoms with Crippen LogP contribution in [0, 0.1) is 20.8 Å². The molecule has 2 rings (SSSR count). The van der Waals surface area contributed by atoms with Crippen molar-refractivity contribution >= 4 is 11.9 Å². The fourth-order valence-electron chi connectivity index (χ4n) is 1.74. The maximum atomic E-state index is 4.51. The molecule has 0 amide bonds. The predicted molar refractivity (Wildman–Crippen MR) is 72.1 cm³/mol. The first-order valence-corrected chi connectivity index (χ1v) is 5.70. The highest BCUT2D eigenvalue weighted by atomic mass is 14.8. The minimum absolute atomic E-state index is 0.881. The normalized spacial score (nSPS) is 11.0. The highest BCUT2D eigenvalue weighted by molar-refractivity contribution is 5.80. The zero-order valence-corrected chi connectivity index (χ0v) is 10.4. The third kappa shape index (κ3) is 2.78. The van der Waals surface area contributed by atoms with Gasteiger partial charge in [-0.3, -0.25) is 9.98 Å². The zero-order valence-electron chi connectivity index (χ0n) is 10.4. The van der Waals surface area contributed by atoms with Gasteiger partial charge in [0.2, 0.25) is 0 Å². The van der Waals surface area contributed by atoms with E-state index in [4.69, 9.17) is 0 Å². The van der Waals surface area contributed by atoms with E-state index in [0.29, 0.717) is 0 Å². The van der Waals surface area contributed by atoms with Crippen LogP contribution >= 0.6 is 0 Å². The van der Waals surface area contributed by atoms with Crippen LogP contribution in [-0.2, 0) is 0 Å². The van der Waals surface area contributed by atoms with Gasteiger partial charge in [0.1, 0.15) is 0 Å². The lowest BCUT2D eigenvalue weighted by Gasteiger charge is -2.05. The minimum atomic E-state index is 0.881. The monoisotopic (exact) mass is 224 g/mol. The molecule has 1 aromatic carbocycles. The standard InChI is InChI=1S/C15H16N2/c1-11-8-12(2)13(3)15(9-11)17-10-14-6-4-5-7-16-14/h4-10H,1-3H3. The van der Waals surface area contributed by atoms with Crippen molar-refractivity contribution in [3.05, 3.63) is 58.9 Å². The SMILES string of the molecule is Cc1cc(C)c(C)c(N=Cc2ccccn2)c1. The summed E-state index contributed by atoms with van der Waals surface area (Å²) < 4.78 is 0. The number of aliphatic imine (C=N–C) groups is 1. The van der Waals surface area contributed by atoms with Crippen molar-refractivity contribution in [2.45, 2.75) is 20.8 Å². The lowest BCUT2D eigenvalue weighted by molar-refractivity contribution is 1.27. The van der Waals surface area contributed by atoms with E-state index in [1.54, 1.807) is 12.4 Å². The second kappa shape index (κ2) is 4.91. The molecule has 0 N–H and O–H groups in total.